The van der Waals surface area contributed by atoms with Crippen molar-refractivity contribution in [1.82, 2.24) is 14.8 Å². The highest BCUT2D eigenvalue weighted by molar-refractivity contribution is 7.98. The number of nitrogens with zero attached hydrogens (tertiary/aromatic N) is 3. The van der Waals surface area contributed by atoms with Gasteiger partial charge in [0.15, 0.2) is 5.16 Å². The van der Waals surface area contributed by atoms with Gasteiger partial charge in [-0.05, 0) is 37.1 Å². The molecule has 0 fully saturated rings. The summed E-state index contributed by atoms with van der Waals surface area (Å²) in [6.45, 7) is 7.19. The Labute approximate surface area is 185 Å². The number of ether oxygens (including phenoxy) is 1. The highest BCUT2D eigenvalue weighted by Crippen LogP contribution is 2.28. The number of thioether (sulfide) groups is 1. The van der Waals surface area contributed by atoms with Gasteiger partial charge in [-0.3, -0.25) is 0 Å². The molecule has 7 heteroatoms. The van der Waals surface area contributed by atoms with Crippen molar-refractivity contribution in [3.8, 4) is 5.75 Å². The van der Waals surface area contributed by atoms with Gasteiger partial charge in [-0.25, -0.2) is 0 Å². The first-order valence-corrected chi connectivity index (χ1v) is 11.1. The van der Waals surface area contributed by atoms with E-state index in [0.29, 0.717) is 28.9 Å². The molecule has 29 heavy (non-hydrogen) atoms. The predicted octanol–water partition coefficient (Wildman–Crippen LogP) is 6.38. The number of benzene rings is 2. The first kappa shape index (κ1) is 21.8. The summed E-state index contributed by atoms with van der Waals surface area (Å²) in [7, 11) is 0. The lowest BCUT2D eigenvalue weighted by Gasteiger charge is -2.10. The van der Waals surface area contributed by atoms with Crippen molar-refractivity contribution in [2.45, 2.75) is 37.2 Å². The van der Waals surface area contributed by atoms with Crippen molar-refractivity contribution in [1.29, 1.82) is 0 Å². The first-order chi connectivity index (χ1) is 14.1. The number of aryl methyl sites for hydroxylation is 2. The third-order valence-electron chi connectivity index (χ3n) is 4.25. The van der Waals surface area contributed by atoms with Crippen LogP contribution in [0.4, 0.5) is 0 Å². The second-order valence-corrected chi connectivity index (χ2v) is 8.39. The van der Waals surface area contributed by atoms with E-state index in [1.807, 2.05) is 6.08 Å². The molecule has 0 radical (unpaired) electrons. The standard InChI is InChI=1S/C22H23Cl2N3OS/c1-3-11-27-21(8-5-12-28-20-10-9-18(23)14-19(20)24)25-26-22(27)29-15-17-7-4-6-16(2)13-17/h3-4,6-7,9-10,13-14H,1,5,8,11-12,15H2,2H3. The highest BCUT2D eigenvalue weighted by atomic mass is 35.5. The molecule has 1 aromatic heterocycles. The van der Waals surface area contributed by atoms with Gasteiger partial charge in [0.1, 0.15) is 11.6 Å². The van der Waals surface area contributed by atoms with Gasteiger partial charge in [0.2, 0.25) is 0 Å². The van der Waals surface area contributed by atoms with Gasteiger partial charge in [0, 0.05) is 23.7 Å². The lowest BCUT2D eigenvalue weighted by molar-refractivity contribution is 0.309. The molecule has 0 saturated carbocycles. The quantitative estimate of drug-likeness (QED) is 0.205. The fourth-order valence-electron chi connectivity index (χ4n) is 2.88. The first-order valence-electron chi connectivity index (χ1n) is 9.36. The van der Waals surface area contributed by atoms with E-state index in [1.54, 1.807) is 30.0 Å². The fraction of sp³-hybridized carbons (Fsp3) is 0.273. The molecule has 0 N–H and O–H groups in total. The zero-order valence-electron chi connectivity index (χ0n) is 16.3. The summed E-state index contributed by atoms with van der Waals surface area (Å²) < 4.78 is 7.88. The zero-order valence-corrected chi connectivity index (χ0v) is 18.6. The molecule has 0 spiro atoms. The van der Waals surface area contributed by atoms with Crippen molar-refractivity contribution in [3.05, 3.63) is 82.1 Å². The molecule has 0 bridgehead atoms. The lowest BCUT2D eigenvalue weighted by atomic mass is 10.2. The Morgan fingerprint density at radius 1 is 1.17 bits per heavy atom. The second-order valence-electron chi connectivity index (χ2n) is 6.60. The summed E-state index contributed by atoms with van der Waals surface area (Å²) >= 11 is 13.7. The van der Waals surface area contributed by atoms with E-state index in [2.05, 4.69) is 52.5 Å². The minimum Gasteiger partial charge on any atom is -0.492 e. The molecule has 1 heterocycles. The normalized spacial score (nSPS) is 10.9. The van der Waals surface area contributed by atoms with Crippen molar-refractivity contribution in [2.75, 3.05) is 6.61 Å². The van der Waals surface area contributed by atoms with Crippen molar-refractivity contribution >= 4 is 35.0 Å². The van der Waals surface area contributed by atoms with Crippen LogP contribution in [0, 0.1) is 6.92 Å². The van der Waals surface area contributed by atoms with Crippen LogP contribution in [0.1, 0.15) is 23.4 Å². The Hall–Kier alpha value is -1.95. The lowest BCUT2D eigenvalue weighted by Crippen LogP contribution is -2.07. The predicted molar refractivity (Wildman–Crippen MR) is 121 cm³/mol. The Morgan fingerprint density at radius 3 is 2.79 bits per heavy atom. The molecule has 152 valence electrons. The van der Waals surface area contributed by atoms with Crippen LogP contribution in [0.25, 0.3) is 0 Å². The van der Waals surface area contributed by atoms with Crippen molar-refractivity contribution in [2.24, 2.45) is 0 Å². The maximum absolute atomic E-state index is 6.14. The molecule has 0 unspecified atom stereocenters. The van der Waals surface area contributed by atoms with Crippen LogP contribution in [-0.4, -0.2) is 21.4 Å². The Bertz CT molecular complexity index is 974. The van der Waals surface area contributed by atoms with Gasteiger partial charge in [0.05, 0.1) is 11.6 Å². The van der Waals surface area contributed by atoms with E-state index >= 15 is 0 Å². The molecular weight excluding hydrogens is 425 g/mol. The van der Waals surface area contributed by atoms with Crippen molar-refractivity contribution < 1.29 is 4.74 Å². The molecule has 0 saturated heterocycles. The van der Waals surface area contributed by atoms with Gasteiger partial charge in [-0.2, -0.15) is 0 Å². The van der Waals surface area contributed by atoms with Crippen LogP contribution in [0.2, 0.25) is 10.0 Å². The fourth-order valence-corrected chi connectivity index (χ4v) is 4.25. The third-order valence-corrected chi connectivity index (χ3v) is 5.82. The Kier molecular flexibility index (Phi) is 8.04. The van der Waals surface area contributed by atoms with Gasteiger partial charge >= 0.3 is 0 Å². The van der Waals surface area contributed by atoms with Crippen LogP contribution in [0.3, 0.4) is 0 Å². The Balaban J connectivity index is 1.57. The summed E-state index contributed by atoms with van der Waals surface area (Å²) in [6, 6.07) is 13.7. The van der Waals surface area contributed by atoms with Crippen LogP contribution >= 0.6 is 35.0 Å². The summed E-state index contributed by atoms with van der Waals surface area (Å²) in [5.74, 6) is 2.43. The molecule has 0 aliphatic rings. The smallest absolute Gasteiger partial charge is 0.191 e. The molecule has 0 aliphatic heterocycles. The molecule has 0 amide bonds. The highest BCUT2D eigenvalue weighted by Gasteiger charge is 2.12. The van der Waals surface area contributed by atoms with Crippen LogP contribution in [-0.2, 0) is 18.7 Å². The molecular formula is C22H23Cl2N3OS. The minimum absolute atomic E-state index is 0.516. The maximum Gasteiger partial charge on any atom is 0.191 e. The topological polar surface area (TPSA) is 39.9 Å². The van der Waals surface area contributed by atoms with E-state index in [1.165, 1.54) is 11.1 Å². The van der Waals surface area contributed by atoms with Crippen LogP contribution in [0.5, 0.6) is 5.75 Å². The Morgan fingerprint density at radius 2 is 2.03 bits per heavy atom. The molecule has 3 aromatic rings. The third kappa shape index (κ3) is 6.26. The SMILES string of the molecule is C=CCn1c(CCCOc2ccc(Cl)cc2Cl)nnc1SCc1cccc(C)c1. The largest absolute Gasteiger partial charge is 0.492 e. The maximum atomic E-state index is 6.14. The minimum atomic E-state index is 0.516. The molecule has 0 atom stereocenters. The van der Waals surface area contributed by atoms with E-state index in [4.69, 9.17) is 27.9 Å². The number of hydrogen-bond acceptors (Lipinski definition) is 4. The van der Waals surface area contributed by atoms with E-state index < -0.39 is 0 Å². The van der Waals surface area contributed by atoms with E-state index in [-0.39, 0.29) is 0 Å². The van der Waals surface area contributed by atoms with E-state index in [9.17, 15) is 0 Å². The summed E-state index contributed by atoms with van der Waals surface area (Å²) in [6.07, 6.45) is 3.43. The molecule has 2 aromatic carbocycles. The monoisotopic (exact) mass is 447 g/mol. The van der Waals surface area contributed by atoms with E-state index in [0.717, 1.165) is 29.6 Å². The van der Waals surface area contributed by atoms with Crippen molar-refractivity contribution in [3.63, 3.8) is 0 Å². The summed E-state index contributed by atoms with van der Waals surface area (Å²) in [5, 5.41) is 10.8. The number of halogens is 2. The van der Waals surface area contributed by atoms with Crippen LogP contribution < -0.4 is 4.74 Å². The number of hydrogen-bond donors (Lipinski definition) is 0. The average Bonchev–Trinajstić information content (AvgIpc) is 3.07. The molecule has 0 aliphatic carbocycles. The molecule has 4 nitrogen and oxygen atoms in total. The van der Waals surface area contributed by atoms with Gasteiger partial charge in [-0.1, -0.05) is 70.9 Å². The number of rotatable bonds is 10. The van der Waals surface area contributed by atoms with Crippen LogP contribution in [0.15, 0.2) is 60.3 Å². The number of aromatic nitrogens is 3. The van der Waals surface area contributed by atoms with Gasteiger partial charge in [-0.15, -0.1) is 16.8 Å². The summed E-state index contributed by atoms with van der Waals surface area (Å²) in [5.41, 5.74) is 2.54. The zero-order chi connectivity index (χ0) is 20.6. The van der Waals surface area contributed by atoms with Gasteiger partial charge < -0.3 is 9.30 Å². The van der Waals surface area contributed by atoms with Gasteiger partial charge in [0.25, 0.3) is 0 Å². The summed E-state index contributed by atoms with van der Waals surface area (Å²) in [4.78, 5) is 0. The average molecular weight is 448 g/mol. The molecule has 3 rings (SSSR count). The number of allylic oxidation sites excluding steroid dienone is 1. The second kappa shape index (κ2) is 10.7.